The highest BCUT2D eigenvalue weighted by Crippen LogP contribution is 2.33. The summed E-state index contributed by atoms with van der Waals surface area (Å²) in [5.41, 5.74) is 3.87. The van der Waals surface area contributed by atoms with Crippen molar-refractivity contribution in [1.29, 1.82) is 0 Å². The fraction of sp³-hybridized carbons (Fsp3) is 0.182. The van der Waals surface area contributed by atoms with E-state index in [1.165, 1.54) is 0 Å². The van der Waals surface area contributed by atoms with Crippen LogP contribution in [0.3, 0.4) is 0 Å². The predicted molar refractivity (Wildman–Crippen MR) is 56.7 cm³/mol. The van der Waals surface area contributed by atoms with Crippen LogP contribution in [0.2, 0.25) is 0 Å². The Hall–Kier alpha value is -0.890. The molecule has 0 aromatic heterocycles. The van der Waals surface area contributed by atoms with Crippen LogP contribution in [-0.2, 0) is 0 Å². The van der Waals surface area contributed by atoms with E-state index in [1.54, 1.807) is 0 Å². The quantitative estimate of drug-likeness (QED) is 0.675. The van der Waals surface area contributed by atoms with Gasteiger partial charge in [0.15, 0.2) is 5.78 Å². The maximum atomic E-state index is 11.6. The zero-order chi connectivity index (χ0) is 9.59. The van der Waals surface area contributed by atoms with Gasteiger partial charge in [-0.05, 0) is 43.2 Å². The molecule has 0 bridgehead atoms. The van der Waals surface area contributed by atoms with Crippen LogP contribution in [0, 0.1) is 0 Å². The lowest BCUT2D eigenvalue weighted by Crippen LogP contribution is -1.94. The molecule has 0 heterocycles. The maximum absolute atomic E-state index is 11.6. The fourth-order valence-electron chi connectivity index (χ4n) is 1.60. The molecule has 1 nitrogen and oxygen atoms in total. The first kappa shape index (κ1) is 8.70. The Labute approximate surface area is 85.6 Å². The van der Waals surface area contributed by atoms with Gasteiger partial charge in [-0.15, -0.1) is 0 Å². The third kappa shape index (κ3) is 1.17. The molecule has 0 atom stereocenters. The molecular formula is C11H9BrO. The van der Waals surface area contributed by atoms with Crippen molar-refractivity contribution in [1.82, 2.24) is 0 Å². The number of hydrogen-bond acceptors (Lipinski definition) is 1. The van der Waals surface area contributed by atoms with E-state index in [0.29, 0.717) is 0 Å². The second-order valence-corrected chi connectivity index (χ2v) is 4.18. The topological polar surface area (TPSA) is 17.1 Å². The zero-order valence-corrected chi connectivity index (χ0v) is 9.10. The van der Waals surface area contributed by atoms with Crippen LogP contribution in [0.15, 0.2) is 28.2 Å². The van der Waals surface area contributed by atoms with E-state index in [2.05, 4.69) is 15.9 Å². The van der Waals surface area contributed by atoms with E-state index in [1.807, 2.05) is 32.0 Å². The number of halogens is 1. The molecule has 1 aromatic rings. The smallest absolute Gasteiger partial charge is 0.189 e. The summed E-state index contributed by atoms with van der Waals surface area (Å²) in [6.45, 7) is 3.87. The lowest BCUT2D eigenvalue weighted by atomic mass is 10.1. The molecule has 2 heteroatoms. The summed E-state index contributed by atoms with van der Waals surface area (Å²) in [5.74, 6) is 0.167. The molecule has 0 unspecified atom stereocenters. The third-order valence-corrected chi connectivity index (χ3v) is 3.03. The third-order valence-electron chi connectivity index (χ3n) is 2.53. The number of benzene rings is 1. The predicted octanol–water partition coefficient (Wildman–Crippen LogP) is 3.44. The summed E-state index contributed by atoms with van der Waals surface area (Å²) in [6.07, 6.45) is 0. The van der Waals surface area contributed by atoms with Gasteiger partial charge in [0.05, 0.1) is 0 Å². The van der Waals surface area contributed by atoms with Gasteiger partial charge in [0.1, 0.15) is 0 Å². The van der Waals surface area contributed by atoms with Crippen molar-refractivity contribution >= 4 is 27.3 Å². The molecule has 0 aliphatic heterocycles. The normalized spacial score (nSPS) is 15.2. The van der Waals surface area contributed by atoms with Crippen molar-refractivity contribution < 1.29 is 4.79 Å². The summed E-state index contributed by atoms with van der Waals surface area (Å²) in [4.78, 5) is 11.6. The van der Waals surface area contributed by atoms with E-state index >= 15 is 0 Å². The number of rotatable bonds is 0. The SMILES string of the molecule is CC1=C(C)c2cc(Br)ccc2C1=O. The molecule has 0 saturated carbocycles. The molecule has 0 saturated heterocycles. The molecule has 1 aliphatic rings. The van der Waals surface area contributed by atoms with E-state index in [0.717, 1.165) is 26.7 Å². The number of fused-ring (bicyclic) bond motifs is 1. The first-order valence-electron chi connectivity index (χ1n) is 4.13. The molecular weight excluding hydrogens is 228 g/mol. The number of hydrogen-bond donors (Lipinski definition) is 0. The van der Waals surface area contributed by atoms with Gasteiger partial charge in [-0.1, -0.05) is 15.9 Å². The minimum absolute atomic E-state index is 0.167. The number of Topliss-reactive ketones (excluding diaryl/α,β-unsaturated/α-hetero) is 1. The number of carbonyl (C=O) groups is 1. The van der Waals surface area contributed by atoms with E-state index in [4.69, 9.17) is 0 Å². The van der Waals surface area contributed by atoms with Crippen molar-refractivity contribution in [3.63, 3.8) is 0 Å². The number of allylic oxidation sites excluding steroid dienone is 2. The second kappa shape index (κ2) is 2.81. The molecule has 13 heavy (non-hydrogen) atoms. The zero-order valence-electron chi connectivity index (χ0n) is 7.52. The Morgan fingerprint density at radius 3 is 2.46 bits per heavy atom. The van der Waals surface area contributed by atoms with Crippen molar-refractivity contribution in [2.75, 3.05) is 0 Å². The molecule has 0 amide bonds. The highest BCUT2D eigenvalue weighted by molar-refractivity contribution is 9.10. The van der Waals surface area contributed by atoms with Gasteiger partial charge in [0.25, 0.3) is 0 Å². The van der Waals surface area contributed by atoms with Gasteiger partial charge in [-0.2, -0.15) is 0 Å². The molecule has 0 fully saturated rings. The van der Waals surface area contributed by atoms with Crippen molar-refractivity contribution in [2.24, 2.45) is 0 Å². The maximum Gasteiger partial charge on any atom is 0.189 e. The van der Waals surface area contributed by atoms with E-state index in [9.17, 15) is 4.79 Å². The Morgan fingerprint density at radius 1 is 1.08 bits per heavy atom. The summed E-state index contributed by atoms with van der Waals surface area (Å²) in [7, 11) is 0. The van der Waals surface area contributed by atoms with Crippen LogP contribution in [0.5, 0.6) is 0 Å². The average molecular weight is 237 g/mol. The standard InChI is InChI=1S/C11H9BrO/c1-6-7(2)11(13)9-4-3-8(12)5-10(6)9/h3-5H,1-2H3. The Balaban J connectivity index is 2.72. The van der Waals surface area contributed by atoms with Gasteiger partial charge in [0.2, 0.25) is 0 Å². The van der Waals surface area contributed by atoms with Gasteiger partial charge >= 0.3 is 0 Å². The fourth-order valence-corrected chi connectivity index (χ4v) is 1.96. The lowest BCUT2D eigenvalue weighted by molar-refractivity contribution is 0.103. The first-order valence-corrected chi connectivity index (χ1v) is 4.92. The van der Waals surface area contributed by atoms with Crippen LogP contribution in [0.1, 0.15) is 29.8 Å². The lowest BCUT2D eigenvalue weighted by Gasteiger charge is -1.99. The summed E-state index contributed by atoms with van der Waals surface area (Å²) < 4.78 is 1.02. The molecule has 0 N–H and O–H groups in total. The minimum Gasteiger partial charge on any atom is -0.289 e. The molecule has 66 valence electrons. The van der Waals surface area contributed by atoms with Gasteiger partial charge in [-0.3, -0.25) is 4.79 Å². The van der Waals surface area contributed by atoms with Crippen molar-refractivity contribution in [3.8, 4) is 0 Å². The minimum atomic E-state index is 0.167. The highest BCUT2D eigenvalue weighted by Gasteiger charge is 2.23. The number of carbonyl (C=O) groups excluding carboxylic acids is 1. The Kier molecular flexibility index (Phi) is 1.88. The summed E-state index contributed by atoms with van der Waals surface area (Å²) >= 11 is 3.40. The van der Waals surface area contributed by atoms with Gasteiger partial charge in [0, 0.05) is 15.6 Å². The van der Waals surface area contributed by atoms with Crippen LogP contribution in [0.25, 0.3) is 5.57 Å². The molecule has 1 aliphatic carbocycles. The van der Waals surface area contributed by atoms with Crippen LogP contribution < -0.4 is 0 Å². The second-order valence-electron chi connectivity index (χ2n) is 3.27. The molecule has 1 aromatic carbocycles. The van der Waals surface area contributed by atoms with Gasteiger partial charge in [-0.25, -0.2) is 0 Å². The molecule has 0 spiro atoms. The van der Waals surface area contributed by atoms with E-state index in [-0.39, 0.29) is 5.78 Å². The monoisotopic (exact) mass is 236 g/mol. The van der Waals surface area contributed by atoms with Crippen LogP contribution >= 0.6 is 15.9 Å². The molecule has 0 radical (unpaired) electrons. The summed E-state index contributed by atoms with van der Waals surface area (Å²) in [6, 6.07) is 5.78. The largest absolute Gasteiger partial charge is 0.289 e. The Bertz CT molecular complexity index is 430. The van der Waals surface area contributed by atoms with Gasteiger partial charge < -0.3 is 0 Å². The van der Waals surface area contributed by atoms with Crippen LogP contribution in [0.4, 0.5) is 0 Å². The molecule has 2 rings (SSSR count). The van der Waals surface area contributed by atoms with E-state index < -0.39 is 0 Å². The van der Waals surface area contributed by atoms with Crippen LogP contribution in [-0.4, -0.2) is 5.78 Å². The number of ketones is 1. The first-order chi connectivity index (χ1) is 6.11. The Morgan fingerprint density at radius 2 is 1.77 bits per heavy atom. The van der Waals surface area contributed by atoms with Crippen molar-refractivity contribution in [2.45, 2.75) is 13.8 Å². The summed E-state index contributed by atoms with van der Waals surface area (Å²) in [5, 5.41) is 0. The highest BCUT2D eigenvalue weighted by atomic mass is 79.9. The average Bonchev–Trinajstić information content (AvgIpc) is 2.32. The van der Waals surface area contributed by atoms with Crippen molar-refractivity contribution in [3.05, 3.63) is 39.4 Å².